The van der Waals surface area contributed by atoms with Crippen LogP contribution in [0.15, 0.2) is 48.5 Å². The Morgan fingerprint density at radius 2 is 1.96 bits per heavy atom. The van der Waals surface area contributed by atoms with Gasteiger partial charge in [0.25, 0.3) is 5.91 Å². The molecule has 0 bridgehead atoms. The zero-order chi connectivity index (χ0) is 16.8. The molecular formula is C17H15ClN2O3. The molecule has 0 aromatic heterocycles. The summed E-state index contributed by atoms with van der Waals surface area (Å²) in [6, 6.07) is 11.6. The second-order valence-electron chi connectivity index (χ2n) is 4.62. The summed E-state index contributed by atoms with van der Waals surface area (Å²) in [4.78, 5) is 23.3. The van der Waals surface area contributed by atoms with E-state index in [1.165, 1.54) is 13.2 Å². The number of benzene rings is 2. The Balaban J connectivity index is 2.17. The molecule has 23 heavy (non-hydrogen) atoms. The lowest BCUT2D eigenvalue weighted by Gasteiger charge is -2.07. The third-order valence-corrected chi connectivity index (χ3v) is 3.29. The lowest BCUT2D eigenvalue weighted by molar-refractivity contribution is -0.111. The molecule has 2 amide bonds. The first-order chi connectivity index (χ1) is 11.0. The van der Waals surface area contributed by atoms with Crippen LogP contribution < -0.4 is 15.8 Å². The molecule has 0 saturated carbocycles. The van der Waals surface area contributed by atoms with Gasteiger partial charge in [-0.1, -0.05) is 23.7 Å². The molecule has 0 aliphatic rings. The van der Waals surface area contributed by atoms with Crippen molar-refractivity contribution in [2.45, 2.75) is 0 Å². The van der Waals surface area contributed by atoms with E-state index in [-0.39, 0.29) is 5.56 Å². The molecule has 0 spiro atoms. The van der Waals surface area contributed by atoms with Crippen LogP contribution in [0.25, 0.3) is 6.08 Å². The largest absolute Gasteiger partial charge is 0.496 e. The second-order valence-corrected chi connectivity index (χ2v) is 5.06. The molecule has 0 unspecified atom stereocenters. The van der Waals surface area contributed by atoms with Gasteiger partial charge in [0.05, 0.1) is 18.4 Å². The molecule has 3 N–H and O–H groups in total. The van der Waals surface area contributed by atoms with Gasteiger partial charge in [0.2, 0.25) is 5.91 Å². The molecule has 0 heterocycles. The number of nitrogens with one attached hydrogen (secondary N) is 1. The fraction of sp³-hybridized carbons (Fsp3) is 0.0588. The first-order valence-corrected chi connectivity index (χ1v) is 7.10. The van der Waals surface area contributed by atoms with E-state index in [0.717, 1.165) is 0 Å². The van der Waals surface area contributed by atoms with Gasteiger partial charge >= 0.3 is 0 Å². The van der Waals surface area contributed by atoms with E-state index in [0.29, 0.717) is 22.0 Å². The molecule has 118 valence electrons. The zero-order valence-corrected chi connectivity index (χ0v) is 13.1. The highest BCUT2D eigenvalue weighted by molar-refractivity contribution is 6.30. The summed E-state index contributed by atoms with van der Waals surface area (Å²) in [5.74, 6) is -0.418. The standard InChI is InChI=1S/C17H15ClN2O3/c1-23-15-8-7-12(18)10-11(15)6-9-16(21)20-14-5-3-2-4-13(14)17(19)22/h2-10H,1H3,(H2,19,22)(H,20,21)/b9-6+. The molecule has 5 nitrogen and oxygen atoms in total. The van der Waals surface area contributed by atoms with Gasteiger partial charge in [-0.05, 0) is 36.4 Å². The van der Waals surface area contributed by atoms with Crippen molar-refractivity contribution < 1.29 is 14.3 Å². The first-order valence-electron chi connectivity index (χ1n) is 6.72. The van der Waals surface area contributed by atoms with E-state index in [9.17, 15) is 9.59 Å². The van der Waals surface area contributed by atoms with Crippen LogP contribution in [0.4, 0.5) is 5.69 Å². The second kappa shape index (κ2) is 7.47. The molecule has 0 aliphatic carbocycles. The van der Waals surface area contributed by atoms with Crippen molar-refractivity contribution >= 4 is 35.2 Å². The van der Waals surface area contributed by atoms with Crippen molar-refractivity contribution in [1.82, 2.24) is 0 Å². The monoisotopic (exact) mass is 330 g/mol. The maximum atomic E-state index is 12.0. The quantitative estimate of drug-likeness (QED) is 0.826. The number of hydrogen-bond acceptors (Lipinski definition) is 3. The molecule has 0 fully saturated rings. The first kappa shape index (κ1) is 16.6. The molecule has 0 radical (unpaired) electrons. The Kier molecular flexibility index (Phi) is 5.38. The van der Waals surface area contributed by atoms with Crippen molar-refractivity contribution in [1.29, 1.82) is 0 Å². The Morgan fingerprint density at radius 1 is 1.22 bits per heavy atom. The average molecular weight is 331 g/mol. The van der Waals surface area contributed by atoms with Gasteiger partial charge in [0.1, 0.15) is 5.75 Å². The van der Waals surface area contributed by atoms with Crippen molar-refractivity contribution in [3.63, 3.8) is 0 Å². The third-order valence-electron chi connectivity index (χ3n) is 3.06. The molecule has 0 saturated heterocycles. The molecular weight excluding hydrogens is 316 g/mol. The number of carbonyl (C=O) groups excluding carboxylic acids is 2. The van der Waals surface area contributed by atoms with Crippen LogP contribution in [0.2, 0.25) is 5.02 Å². The lowest BCUT2D eigenvalue weighted by atomic mass is 10.1. The van der Waals surface area contributed by atoms with Gasteiger partial charge in [0, 0.05) is 16.7 Å². The Bertz CT molecular complexity index is 772. The number of nitrogens with two attached hydrogens (primary N) is 1. The van der Waals surface area contributed by atoms with Gasteiger partial charge in [0.15, 0.2) is 0 Å². The number of hydrogen-bond donors (Lipinski definition) is 2. The van der Waals surface area contributed by atoms with E-state index in [1.54, 1.807) is 48.5 Å². The SMILES string of the molecule is COc1ccc(Cl)cc1/C=C/C(=O)Nc1ccccc1C(N)=O. The van der Waals surface area contributed by atoms with E-state index < -0.39 is 11.8 Å². The van der Waals surface area contributed by atoms with Crippen molar-refractivity contribution in [3.05, 3.63) is 64.7 Å². The van der Waals surface area contributed by atoms with E-state index in [1.807, 2.05) is 0 Å². The Hall–Kier alpha value is -2.79. The van der Waals surface area contributed by atoms with Crippen LogP contribution in [0.3, 0.4) is 0 Å². The van der Waals surface area contributed by atoms with Gasteiger partial charge in [-0.15, -0.1) is 0 Å². The summed E-state index contributed by atoms with van der Waals surface area (Å²) < 4.78 is 5.20. The summed E-state index contributed by atoms with van der Waals surface area (Å²) in [5.41, 5.74) is 6.53. The summed E-state index contributed by atoms with van der Waals surface area (Å²) in [5, 5.41) is 3.15. The topological polar surface area (TPSA) is 81.4 Å². The number of carbonyl (C=O) groups is 2. The van der Waals surface area contributed by atoms with Gasteiger partial charge in [-0.3, -0.25) is 9.59 Å². The van der Waals surface area contributed by atoms with Crippen LogP contribution in [0.1, 0.15) is 15.9 Å². The normalized spacial score (nSPS) is 10.5. The van der Waals surface area contributed by atoms with Crippen LogP contribution in [-0.2, 0) is 4.79 Å². The van der Waals surface area contributed by atoms with E-state index >= 15 is 0 Å². The predicted molar refractivity (Wildman–Crippen MR) is 90.6 cm³/mol. The third kappa shape index (κ3) is 4.34. The number of para-hydroxylation sites is 1. The van der Waals surface area contributed by atoms with Crippen LogP contribution in [0.5, 0.6) is 5.75 Å². The maximum Gasteiger partial charge on any atom is 0.250 e. The molecule has 0 atom stereocenters. The number of anilines is 1. The summed E-state index contributed by atoms with van der Waals surface area (Å²) in [6.07, 6.45) is 2.90. The highest BCUT2D eigenvalue weighted by Gasteiger charge is 2.09. The van der Waals surface area contributed by atoms with Gasteiger partial charge < -0.3 is 15.8 Å². The molecule has 2 rings (SSSR count). The molecule has 2 aromatic carbocycles. The number of ether oxygens (including phenoxy) is 1. The van der Waals surface area contributed by atoms with E-state index in [2.05, 4.69) is 5.32 Å². The lowest BCUT2D eigenvalue weighted by Crippen LogP contribution is -2.16. The van der Waals surface area contributed by atoms with Crippen LogP contribution in [-0.4, -0.2) is 18.9 Å². The van der Waals surface area contributed by atoms with Crippen LogP contribution in [0, 0.1) is 0 Å². The van der Waals surface area contributed by atoms with Crippen molar-refractivity contribution in [2.75, 3.05) is 12.4 Å². The highest BCUT2D eigenvalue weighted by atomic mass is 35.5. The highest BCUT2D eigenvalue weighted by Crippen LogP contribution is 2.24. The summed E-state index contributed by atoms with van der Waals surface area (Å²) in [6.45, 7) is 0. The molecule has 0 aliphatic heterocycles. The number of rotatable bonds is 5. The number of methoxy groups -OCH3 is 1. The van der Waals surface area contributed by atoms with Gasteiger partial charge in [-0.2, -0.15) is 0 Å². The minimum atomic E-state index is -0.610. The van der Waals surface area contributed by atoms with Crippen LogP contribution >= 0.6 is 11.6 Å². The smallest absolute Gasteiger partial charge is 0.250 e. The Morgan fingerprint density at radius 3 is 2.65 bits per heavy atom. The van der Waals surface area contributed by atoms with Crippen molar-refractivity contribution in [3.8, 4) is 5.75 Å². The summed E-state index contributed by atoms with van der Waals surface area (Å²) in [7, 11) is 1.53. The van der Waals surface area contributed by atoms with Crippen molar-refractivity contribution in [2.24, 2.45) is 5.73 Å². The number of halogens is 1. The number of primary amides is 1. The molecule has 2 aromatic rings. The number of amides is 2. The van der Waals surface area contributed by atoms with Gasteiger partial charge in [-0.25, -0.2) is 0 Å². The fourth-order valence-corrected chi connectivity index (χ4v) is 2.16. The fourth-order valence-electron chi connectivity index (χ4n) is 1.98. The average Bonchev–Trinajstić information content (AvgIpc) is 2.53. The minimum absolute atomic E-state index is 0.245. The Labute approximate surface area is 138 Å². The summed E-state index contributed by atoms with van der Waals surface area (Å²) >= 11 is 5.93. The molecule has 6 heteroatoms. The predicted octanol–water partition coefficient (Wildman–Crippen LogP) is 3.10. The zero-order valence-electron chi connectivity index (χ0n) is 12.4. The maximum absolute atomic E-state index is 12.0. The van der Waals surface area contributed by atoms with E-state index in [4.69, 9.17) is 22.1 Å². The minimum Gasteiger partial charge on any atom is -0.496 e.